The van der Waals surface area contributed by atoms with Gasteiger partial charge in [-0.25, -0.2) is 8.78 Å². The smallest absolute Gasteiger partial charge is 0.269 e. The lowest BCUT2D eigenvalue weighted by Crippen LogP contribution is -2.34. The van der Waals surface area contributed by atoms with Crippen molar-refractivity contribution in [1.82, 2.24) is 4.31 Å². The molecule has 0 aliphatic carbocycles. The standard InChI is InChI=1S/C10H10ClF2IN2O2S/c11-9-8(2-1-7(13)10(9)14)15-19(17,18)16-4-3-6(12)5-16/h1-2,6,15H,3-5H2/t6-/m1/s1. The molecule has 19 heavy (non-hydrogen) atoms. The van der Waals surface area contributed by atoms with E-state index in [1.54, 1.807) is 22.6 Å². The molecule has 1 saturated heterocycles. The SMILES string of the molecule is O=S(=O)(Nc1ccc(F)c(I)c1Cl)N1CC[C@@H](F)C1. The van der Waals surface area contributed by atoms with Crippen molar-refractivity contribution in [2.45, 2.75) is 12.6 Å². The van der Waals surface area contributed by atoms with Crippen molar-refractivity contribution in [3.8, 4) is 0 Å². The number of hydrogen-bond donors (Lipinski definition) is 1. The van der Waals surface area contributed by atoms with Gasteiger partial charge in [0.25, 0.3) is 0 Å². The highest BCUT2D eigenvalue weighted by atomic mass is 127. The van der Waals surface area contributed by atoms with Crippen molar-refractivity contribution in [3.05, 3.63) is 26.5 Å². The van der Waals surface area contributed by atoms with E-state index in [1.807, 2.05) is 0 Å². The van der Waals surface area contributed by atoms with E-state index in [0.717, 1.165) is 10.4 Å². The minimum absolute atomic E-state index is 0.0137. The van der Waals surface area contributed by atoms with Crippen molar-refractivity contribution in [1.29, 1.82) is 0 Å². The van der Waals surface area contributed by atoms with Crippen LogP contribution in [-0.4, -0.2) is 32.0 Å². The zero-order chi connectivity index (χ0) is 14.2. The van der Waals surface area contributed by atoms with Crippen LogP contribution in [0.3, 0.4) is 0 Å². The maximum absolute atomic E-state index is 13.2. The van der Waals surface area contributed by atoms with E-state index in [9.17, 15) is 17.2 Å². The zero-order valence-electron chi connectivity index (χ0n) is 9.54. The first-order valence-electron chi connectivity index (χ1n) is 5.36. The van der Waals surface area contributed by atoms with Crippen LogP contribution in [0.2, 0.25) is 5.02 Å². The van der Waals surface area contributed by atoms with Crippen LogP contribution in [0.25, 0.3) is 0 Å². The lowest BCUT2D eigenvalue weighted by molar-refractivity contribution is 0.343. The molecule has 0 bridgehead atoms. The average molecular weight is 423 g/mol. The largest absolute Gasteiger partial charge is 0.301 e. The number of hydrogen-bond acceptors (Lipinski definition) is 2. The fourth-order valence-corrected chi connectivity index (χ4v) is 3.72. The molecule has 4 nitrogen and oxygen atoms in total. The second-order valence-corrected chi connectivity index (χ2v) is 7.20. The van der Waals surface area contributed by atoms with Gasteiger partial charge >= 0.3 is 10.2 Å². The summed E-state index contributed by atoms with van der Waals surface area (Å²) in [5, 5.41) is -0.0137. The molecular formula is C10H10ClF2IN2O2S. The molecule has 1 aromatic carbocycles. The predicted molar refractivity (Wildman–Crippen MR) is 77.8 cm³/mol. The highest BCUT2D eigenvalue weighted by Crippen LogP contribution is 2.30. The lowest BCUT2D eigenvalue weighted by Gasteiger charge is -2.17. The summed E-state index contributed by atoms with van der Waals surface area (Å²) >= 11 is 7.56. The average Bonchev–Trinajstić information content (AvgIpc) is 2.78. The number of rotatable bonds is 3. The van der Waals surface area contributed by atoms with Crippen molar-refractivity contribution >= 4 is 50.1 Å². The number of anilines is 1. The Bertz CT molecular complexity index is 599. The Balaban J connectivity index is 2.24. The Morgan fingerprint density at radius 1 is 1.47 bits per heavy atom. The first-order valence-corrected chi connectivity index (χ1v) is 8.26. The second kappa shape index (κ2) is 5.66. The first-order chi connectivity index (χ1) is 8.81. The Morgan fingerprint density at radius 3 is 2.74 bits per heavy atom. The molecule has 0 radical (unpaired) electrons. The number of benzene rings is 1. The van der Waals surface area contributed by atoms with Gasteiger partial charge in [0.2, 0.25) is 0 Å². The van der Waals surface area contributed by atoms with Gasteiger partial charge in [-0.05, 0) is 41.1 Å². The molecular weight excluding hydrogens is 413 g/mol. The summed E-state index contributed by atoms with van der Waals surface area (Å²) in [6.45, 7) is -0.0579. The van der Waals surface area contributed by atoms with Crippen molar-refractivity contribution < 1.29 is 17.2 Å². The molecule has 1 fully saturated rings. The van der Waals surface area contributed by atoms with Crippen LogP contribution in [0.5, 0.6) is 0 Å². The van der Waals surface area contributed by atoms with Crippen LogP contribution in [0.4, 0.5) is 14.5 Å². The van der Waals surface area contributed by atoms with Gasteiger partial charge in [0.1, 0.15) is 12.0 Å². The van der Waals surface area contributed by atoms with Crippen LogP contribution in [-0.2, 0) is 10.2 Å². The quantitative estimate of drug-likeness (QED) is 0.602. The summed E-state index contributed by atoms with van der Waals surface area (Å²) in [5.41, 5.74) is 0.0785. The van der Waals surface area contributed by atoms with Crippen LogP contribution in [0, 0.1) is 9.39 Å². The molecule has 0 spiro atoms. The zero-order valence-corrected chi connectivity index (χ0v) is 13.3. The Hall–Kier alpha value is -0.190. The third kappa shape index (κ3) is 3.29. The molecule has 1 aromatic rings. The van der Waals surface area contributed by atoms with Gasteiger partial charge in [-0.3, -0.25) is 4.72 Å². The molecule has 1 atom stereocenters. The maximum atomic E-state index is 13.2. The van der Waals surface area contributed by atoms with Gasteiger partial charge in [-0.15, -0.1) is 0 Å². The summed E-state index contributed by atoms with van der Waals surface area (Å²) in [6.07, 6.45) is -0.976. The summed E-state index contributed by atoms with van der Waals surface area (Å²) < 4.78 is 53.6. The topological polar surface area (TPSA) is 49.4 Å². The molecule has 1 aliphatic rings. The molecule has 1 heterocycles. The number of alkyl halides is 1. The van der Waals surface area contributed by atoms with E-state index >= 15 is 0 Å². The van der Waals surface area contributed by atoms with E-state index in [4.69, 9.17) is 11.6 Å². The summed E-state index contributed by atoms with van der Waals surface area (Å²) in [4.78, 5) is 0. The molecule has 0 saturated carbocycles. The lowest BCUT2D eigenvalue weighted by atomic mass is 10.3. The van der Waals surface area contributed by atoms with E-state index in [2.05, 4.69) is 4.72 Å². The molecule has 9 heteroatoms. The summed E-state index contributed by atoms with van der Waals surface area (Å²) in [5.74, 6) is -0.529. The second-order valence-electron chi connectivity index (χ2n) is 4.07. The van der Waals surface area contributed by atoms with Crippen molar-refractivity contribution in [2.24, 2.45) is 0 Å². The Kier molecular flexibility index (Phi) is 4.53. The number of nitrogens with one attached hydrogen (secondary N) is 1. The normalized spacial score (nSPS) is 20.7. The number of halogens is 4. The van der Waals surface area contributed by atoms with E-state index in [-0.39, 0.29) is 33.8 Å². The van der Waals surface area contributed by atoms with Gasteiger partial charge < -0.3 is 0 Å². The summed E-state index contributed by atoms with van der Waals surface area (Å²) in [6, 6.07) is 2.35. The molecule has 1 N–H and O–H groups in total. The van der Waals surface area contributed by atoms with Gasteiger partial charge in [0.05, 0.1) is 14.3 Å². The van der Waals surface area contributed by atoms with E-state index in [1.165, 1.54) is 6.07 Å². The van der Waals surface area contributed by atoms with Crippen molar-refractivity contribution in [2.75, 3.05) is 17.8 Å². The van der Waals surface area contributed by atoms with Crippen LogP contribution in [0.15, 0.2) is 12.1 Å². The molecule has 0 amide bonds. The van der Waals surface area contributed by atoms with E-state index < -0.39 is 22.2 Å². The maximum Gasteiger partial charge on any atom is 0.301 e. The monoisotopic (exact) mass is 422 g/mol. The molecule has 0 aromatic heterocycles. The molecule has 2 rings (SSSR count). The van der Waals surface area contributed by atoms with Crippen molar-refractivity contribution in [3.63, 3.8) is 0 Å². The van der Waals surface area contributed by atoms with Gasteiger partial charge in [-0.2, -0.15) is 12.7 Å². The van der Waals surface area contributed by atoms with Crippen LogP contribution in [0.1, 0.15) is 6.42 Å². The fraction of sp³-hybridized carbons (Fsp3) is 0.400. The van der Waals surface area contributed by atoms with Crippen LogP contribution >= 0.6 is 34.2 Å². The highest BCUT2D eigenvalue weighted by Gasteiger charge is 2.31. The van der Waals surface area contributed by atoms with Gasteiger partial charge in [0.15, 0.2) is 0 Å². The third-order valence-electron chi connectivity index (χ3n) is 2.71. The predicted octanol–water partition coefficient (Wildman–Crippen LogP) is 2.78. The minimum Gasteiger partial charge on any atom is -0.269 e. The Morgan fingerprint density at radius 2 is 2.16 bits per heavy atom. The fourth-order valence-electron chi connectivity index (χ4n) is 1.71. The van der Waals surface area contributed by atoms with Gasteiger partial charge in [-0.1, -0.05) is 11.6 Å². The highest BCUT2D eigenvalue weighted by molar-refractivity contribution is 14.1. The summed E-state index contributed by atoms with van der Waals surface area (Å²) in [7, 11) is -3.86. The first kappa shape index (κ1) is 15.2. The van der Waals surface area contributed by atoms with Crippen LogP contribution < -0.4 is 4.72 Å². The van der Waals surface area contributed by atoms with Gasteiger partial charge in [0, 0.05) is 13.1 Å². The number of nitrogens with zero attached hydrogens (tertiary/aromatic N) is 1. The van der Waals surface area contributed by atoms with E-state index in [0.29, 0.717) is 0 Å². The molecule has 1 aliphatic heterocycles. The Labute approximate surface area is 128 Å². The molecule has 0 unspecified atom stereocenters. The third-order valence-corrected chi connectivity index (χ3v) is 5.96. The minimum atomic E-state index is -3.86. The molecule has 106 valence electrons.